The maximum Gasteiger partial charge on any atom is 0.195 e. The molecular formula is C14H12BrNO. The summed E-state index contributed by atoms with van der Waals surface area (Å²) in [5.74, 6) is -0.0463. The molecule has 0 saturated carbocycles. The number of carbonyl (C=O) groups is 1. The highest BCUT2D eigenvalue weighted by Gasteiger charge is 2.11. The molecular weight excluding hydrogens is 278 g/mol. The number of aryl methyl sites for hydroxylation is 1. The second-order valence-corrected chi connectivity index (χ2v) is 4.84. The monoisotopic (exact) mass is 289 g/mol. The van der Waals surface area contributed by atoms with E-state index in [9.17, 15) is 4.79 Å². The maximum atomic E-state index is 12.2. The van der Waals surface area contributed by atoms with Crippen molar-refractivity contribution in [3.05, 3.63) is 63.6 Å². The third-order valence-corrected chi connectivity index (χ3v) is 3.09. The molecule has 3 heteroatoms. The zero-order chi connectivity index (χ0) is 12.4. The smallest absolute Gasteiger partial charge is 0.195 e. The highest BCUT2D eigenvalue weighted by Crippen LogP contribution is 2.19. The Morgan fingerprint density at radius 2 is 1.76 bits per heavy atom. The van der Waals surface area contributed by atoms with Crippen LogP contribution in [0.5, 0.6) is 0 Å². The molecule has 2 N–H and O–H groups in total. The van der Waals surface area contributed by atoms with Crippen molar-refractivity contribution < 1.29 is 4.79 Å². The van der Waals surface area contributed by atoms with Crippen molar-refractivity contribution >= 4 is 27.4 Å². The molecule has 0 spiro atoms. The molecule has 2 aromatic carbocycles. The molecule has 0 fully saturated rings. The number of hydrogen-bond donors (Lipinski definition) is 1. The third-order valence-electron chi connectivity index (χ3n) is 2.56. The number of nitrogens with two attached hydrogens (primary N) is 1. The molecule has 2 aromatic rings. The van der Waals surface area contributed by atoms with Crippen molar-refractivity contribution in [2.75, 3.05) is 5.73 Å². The minimum absolute atomic E-state index is 0.0463. The van der Waals surface area contributed by atoms with Gasteiger partial charge in [-0.25, -0.2) is 0 Å². The predicted octanol–water partition coefficient (Wildman–Crippen LogP) is 3.57. The first-order valence-electron chi connectivity index (χ1n) is 5.24. The largest absolute Gasteiger partial charge is 0.398 e. The molecule has 0 radical (unpaired) electrons. The van der Waals surface area contributed by atoms with Crippen molar-refractivity contribution in [1.29, 1.82) is 0 Å². The summed E-state index contributed by atoms with van der Waals surface area (Å²) in [5, 5.41) is 0. The second-order valence-electron chi connectivity index (χ2n) is 3.93. The van der Waals surface area contributed by atoms with Gasteiger partial charge in [0.05, 0.1) is 0 Å². The number of rotatable bonds is 2. The van der Waals surface area contributed by atoms with Gasteiger partial charge >= 0.3 is 0 Å². The van der Waals surface area contributed by atoms with Gasteiger partial charge in [0.2, 0.25) is 0 Å². The number of anilines is 1. The Balaban J connectivity index is 2.40. The SMILES string of the molecule is Cc1ccc(C(=O)c2ccc(Br)cc2)c(N)c1. The second kappa shape index (κ2) is 4.72. The van der Waals surface area contributed by atoms with Gasteiger partial charge in [-0.1, -0.05) is 22.0 Å². The molecule has 0 aliphatic rings. The minimum atomic E-state index is -0.0463. The van der Waals surface area contributed by atoms with Crippen LogP contribution < -0.4 is 5.73 Å². The van der Waals surface area contributed by atoms with E-state index in [1.54, 1.807) is 18.2 Å². The van der Waals surface area contributed by atoms with Gasteiger partial charge in [-0.15, -0.1) is 0 Å². The zero-order valence-corrected chi connectivity index (χ0v) is 11.0. The molecule has 17 heavy (non-hydrogen) atoms. The van der Waals surface area contributed by atoms with Crippen LogP contribution >= 0.6 is 15.9 Å². The van der Waals surface area contributed by atoms with Crippen LogP contribution in [0.15, 0.2) is 46.9 Å². The van der Waals surface area contributed by atoms with E-state index in [-0.39, 0.29) is 5.78 Å². The first-order valence-corrected chi connectivity index (χ1v) is 6.03. The highest BCUT2D eigenvalue weighted by molar-refractivity contribution is 9.10. The van der Waals surface area contributed by atoms with Crippen LogP contribution in [0.2, 0.25) is 0 Å². The maximum absolute atomic E-state index is 12.2. The average molecular weight is 290 g/mol. The lowest BCUT2D eigenvalue weighted by molar-refractivity contribution is 0.103. The van der Waals surface area contributed by atoms with Gasteiger partial charge in [0.15, 0.2) is 5.78 Å². The number of benzene rings is 2. The lowest BCUT2D eigenvalue weighted by Crippen LogP contribution is -2.05. The van der Waals surface area contributed by atoms with Crippen molar-refractivity contribution in [3.8, 4) is 0 Å². The number of halogens is 1. The van der Waals surface area contributed by atoms with Crippen LogP contribution in [0.4, 0.5) is 5.69 Å². The molecule has 0 aromatic heterocycles. The first kappa shape index (κ1) is 11.9. The van der Waals surface area contributed by atoms with Crippen molar-refractivity contribution in [1.82, 2.24) is 0 Å². The van der Waals surface area contributed by atoms with Gasteiger partial charge in [0, 0.05) is 21.3 Å². The summed E-state index contributed by atoms with van der Waals surface area (Å²) in [6.45, 7) is 1.95. The van der Waals surface area contributed by atoms with E-state index in [2.05, 4.69) is 15.9 Å². The summed E-state index contributed by atoms with van der Waals surface area (Å²) in [6.07, 6.45) is 0. The third kappa shape index (κ3) is 2.56. The quantitative estimate of drug-likeness (QED) is 0.678. The van der Waals surface area contributed by atoms with Crippen molar-refractivity contribution in [2.45, 2.75) is 6.92 Å². The standard InChI is InChI=1S/C14H12BrNO/c1-9-2-7-12(13(16)8-9)14(17)10-3-5-11(15)6-4-10/h2-8H,16H2,1H3. The van der Waals surface area contributed by atoms with Gasteiger partial charge in [0.1, 0.15) is 0 Å². The average Bonchev–Trinajstić information content (AvgIpc) is 2.29. The fraction of sp³-hybridized carbons (Fsp3) is 0.0714. The molecule has 0 heterocycles. The summed E-state index contributed by atoms with van der Waals surface area (Å²) in [5.41, 5.74) is 8.63. The van der Waals surface area contributed by atoms with Gasteiger partial charge in [-0.2, -0.15) is 0 Å². The Kier molecular flexibility index (Phi) is 3.29. The molecule has 86 valence electrons. The molecule has 2 nitrogen and oxygen atoms in total. The normalized spacial score (nSPS) is 10.2. The molecule has 2 rings (SSSR count). The number of hydrogen-bond acceptors (Lipinski definition) is 2. The summed E-state index contributed by atoms with van der Waals surface area (Å²) < 4.78 is 0.950. The fourth-order valence-electron chi connectivity index (χ4n) is 1.65. The lowest BCUT2D eigenvalue weighted by atomic mass is 10.0. The van der Waals surface area contributed by atoms with Crippen molar-refractivity contribution in [2.24, 2.45) is 0 Å². The Labute approximate surface area is 109 Å². The van der Waals surface area contributed by atoms with E-state index in [4.69, 9.17) is 5.73 Å². The Morgan fingerprint density at radius 3 is 2.35 bits per heavy atom. The topological polar surface area (TPSA) is 43.1 Å². The van der Waals surface area contributed by atoms with Gasteiger partial charge in [-0.05, 0) is 48.9 Å². The number of nitrogen functional groups attached to an aromatic ring is 1. The Bertz CT molecular complexity index is 561. The number of carbonyl (C=O) groups excluding carboxylic acids is 1. The predicted molar refractivity (Wildman–Crippen MR) is 73.2 cm³/mol. The summed E-state index contributed by atoms with van der Waals surface area (Å²) in [7, 11) is 0. The zero-order valence-electron chi connectivity index (χ0n) is 9.41. The summed E-state index contributed by atoms with van der Waals surface area (Å²) in [6, 6.07) is 12.7. The number of ketones is 1. The van der Waals surface area contributed by atoms with E-state index in [1.165, 1.54) is 0 Å². The van der Waals surface area contributed by atoms with E-state index in [0.717, 1.165) is 10.0 Å². The van der Waals surface area contributed by atoms with Gasteiger partial charge < -0.3 is 5.73 Å². The highest BCUT2D eigenvalue weighted by atomic mass is 79.9. The molecule has 0 atom stereocenters. The molecule has 0 saturated heterocycles. The summed E-state index contributed by atoms with van der Waals surface area (Å²) >= 11 is 3.34. The molecule has 0 aliphatic carbocycles. The van der Waals surface area contributed by atoms with Crippen LogP contribution in [-0.4, -0.2) is 5.78 Å². The summed E-state index contributed by atoms with van der Waals surface area (Å²) in [4.78, 5) is 12.2. The minimum Gasteiger partial charge on any atom is -0.398 e. The van der Waals surface area contributed by atoms with E-state index in [0.29, 0.717) is 16.8 Å². The van der Waals surface area contributed by atoms with Crippen LogP contribution in [0.1, 0.15) is 21.5 Å². The van der Waals surface area contributed by atoms with Crippen LogP contribution in [0.25, 0.3) is 0 Å². The van der Waals surface area contributed by atoms with Crippen LogP contribution in [-0.2, 0) is 0 Å². The molecule has 0 bridgehead atoms. The Hall–Kier alpha value is -1.61. The van der Waals surface area contributed by atoms with Crippen LogP contribution in [0, 0.1) is 6.92 Å². The lowest BCUT2D eigenvalue weighted by Gasteiger charge is -2.06. The van der Waals surface area contributed by atoms with Crippen LogP contribution in [0.3, 0.4) is 0 Å². The molecule has 0 aliphatic heterocycles. The molecule has 0 unspecified atom stereocenters. The van der Waals surface area contributed by atoms with E-state index in [1.807, 2.05) is 31.2 Å². The Morgan fingerprint density at radius 1 is 1.12 bits per heavy atom. The van der Waals surface area contributed by atoms with Crippen molar-refractivity contribution in [3.63, 3.8) is 0 Å². The molecule has 0 amide bonds. The van der Waals surface area contributed by atoms with Gasteiger partial charge in [-0.3, -0.25) is 4.79 Å². The van der Waals surface area contributed by atoms with E-state index >= 15 is 0 Å². The van der Waals surface area contributed by atoms with Gasteiger partial charge in [0.25, 0.3) is 0 Å². The van der Waals surface area contributed by atoms with E-state index < -0.39 is 0 Å². The first-order chi connectivity index (χ1) is 8.08. The fourth-order valence-corrected chi connectivity index (χ4v) is 1.91.